The normalized spacial score (nSPS) is 11.1. The number of hydrazone groups is 1. The topological polar surface area (TPSA) is 85.1 Å². The van der Waals surface area contributed by atoms with Crippen LogP contribution in [0.1, 0.15) is 20.9 Å². The highest BCUT2D eigenvalue weighted by atomic mass is 32.1. The van der Waals surface area contributed by atoms with Crippen LogP contribution >= 0.6 is 11.5 Å². The number of hydrogen-bond acceptors (Lipinski definition) is 6. The Morgan fingerprint density at radius 3 is 2.62 bits per heavy atom. The molecule has 7 nitrogen and oxygen atoms in total. The van der Waals surface area contributed by atoms with E-state index >= 15 is 0 Å². The van der Waals surface area contributed by atoms with Crippen LogP contribution in [-0.2, 0) is 0 Å². The molecule has 4 rings (SSSR count). The second-order valence-corrected chi connectivity index (χ2v) is 6.86. The third-order valence-electron chi connectivity index (χ3n) is 4.11. The number of hydrogen-bond donors (Lipinski definition) is 1. The van der Waals surface area contributed by atoms with Gasteiger partial charge in [-0.25, -0.2) is 14.5 Å². The fraction of sp³-hybridized carbons (Fsp3) is 0.0500. The molecule has 2 heterocycles. The van der Waals surface area contributed by atoms with Crippen molar-refractivity contribution in [2.75, 3.05) is 0 Å². The van der Waals surface area contributed by atoms with Gasteiger partial charge in [0.25, 0.3) is 5.91 Å². The summed E-state index contributed by atoms with van der Waals surface area (Å²) in [6, 6.07) is 15.6. The number of aromatic nitrogens is 4. The van der Waals surface area contributed by atoms with Gasteiger partial charge in [-0.2, -0.15) is 10.2 Å². The zero-order valence-electron chi connectivity index (χ0n) is 15.3. The lowest BCUT2D eigenvalue weighted by molar-refractivity contribution is 0.0958. The number of rotatable bonds is 5. The molecule has 144 valence electrons. The Kier molecular flexibility index (Phi) is 5.21. The number of halogens is 1. The van der Waals surface area contributed by atoms with Crippen molar-refractivity contribution in [3.63, 3.8) is 0 Å². The van der Waals surface area contributed by atoms with Crippen LogP contribution in [0.5, 0.6) is 0 Å². The minimum Gasteiger partial charge on any atom is -0.266 e. The molecule has 1 N–H and O–H groups in total. The van der Waals surface area contributed by atoms with Gasteiger partial charge in [-0.3, -0.25) is 4.79 Å². The lowest BCUT2D eigenvalue weighted by Gasteiger charge is -2.00. The molecule has 0 saturated carbocycles. The average Bonchev–Trinajstić information content (AvgIpc) is 3.36. The molecule has 0 radical (unpaired) electrons. The largest absolute Gasteiger partial charge is 0.285 e. The molecular formula is C20H15FN6OS. The molecule has 0 saturated heterocycles. The van der Waals surface area contributed by atoms with E-state index in [0.717, 1.165) is 22.8 Å². The van der Waals surface area contributed by atoms with Crippen LogP contribution in [0.15, 0.2) is 65.9 Å². The average molecular weight is 406 g/mol. The minimum atomic E-state index is -0.382. The number of amides is 1. The Bertz CT molecular complexity index is 1170. The van der Waals surface area contributed by atoms with Gasteiger partial charge in [-0.1, -0.05) is 22.7 Å². The molecule has 0 bridgehead atoms. The first-order valence-electron chi connectivity index (χ1n) is 8.65. The Morgan fingerprint density at radius 1 is 1.17 bits per heavy atom. The summed E-state index contributed by atoms with van der Waals surface area (Å²) in [6.45, 7) is 1.71. The zero-order valence-corrected chi connectivity index (χ0v) is 16.1. The maximum atomic E-state index is 13.3. The number of para-hydroxylation sites is 1. The molecule has 0 aliphatic carbocycles. The molecule has 1 amide bonds. The monoisotopic (exact) mass is 406 g/mol. The predicted octanol–water partition coefficient (Wildman–Crippen LogP) is 3.60. The summed E-state index contributed by atoms with van der Waals surface area (Å²) in [5.74, 6) is -0.709. The quantitative estimate of drug-likeness (QED) is 0.405. The summed E-state index contributed by atoms with van der Waals surface area (Å²) in [5.41, 5.74) is 5.90. The van der Waals surface area contributed by atoms with Gasteiger partial charge < -0.3 is 0 Å². The zero-order chi connectivity index (χ0) is 20.2. The molecule has 2 aromatic heterocycles. The minimum absolute atomic E-state index is 0.327. The van der Waals surface area contributed by atoms with Gasteiger partial charge in [-0.05, 0) is 54.9 Å². The van der Waals surface area contributed by atoms with E-state index in [0.29, 0.717) is 21.8 Å². The number of nitrogens with one attached hydrogen (secondary N) is 1. The number of nitrogens with zero attached hydrogens (tertiary/aromatic N) is 5. The summed E-state index contributed by atoms with van der Waals surface area (Å²) in [4.78, 5) is 12.6. The van der Waals surface area contributed by atoms with E-state index in [4.69, 9.17) is 0 Å². The van der Waals surface area contributed by atoms with Gasteiger partial charge in [-0.15, -0.1) is 5.10 Å². The van der Waals surface area contributed by atoms with E-state index in [9.17, 15) is 9.18 Å². The smallest absolute Gasteiger partial charge is 0.266 e. The Morgan fingerprint density at radius 2 is 1.93 bits per heavy atom. The first-order chi connectivity index (χ1) is 14.1. The van der Waals surface area contributed by atoms with Crippen molar-refractivity contribution in [1.29, 1.82) is 0 Å². The van der Waals surface area contributed by atoms with Crippen molar-refractivity contribution in [2.45, 2.75) is 6.92 Å². The van der Waals surface area contributed by atoms with Crippen molar-refractivity contribution >= 4 is 23.7 Å². The second-order valence-electron chi connectivity index (χ2n) is 6.11. The molecule has 0 aliphatic heterocycles. The third kappa shape index (κ3) is 4.09. The highest BCUT2D eigenvalue weighted by molar-refractivity contribution is 7.07. The van der Waals surface area contributed by atoms with Crippen LogP contribution in [0.4, 0.5) is 4.39 Å². The third-order valence-corrected chi connectivity index (χ3v) is 4.94. The van der Waals surface area contributed by atoms with Crippen LogP contribution in [0.2, 0.25) is 0 Å². The molecule has 29 heavy (non-hydrogen) atoms. The van der Waals surface area contributed by atoms with Crippen LogP contribution in [0.3, 0.4) is 0 Å². The number of aryl methyl sites for hydroxylation is 1. The highest BCUT2D eigenvalue weighted by Crippen LogP contribution is 2.23. The Hall–Kier alpha value is -3.72. The van der Waals surface area contributed by atoms with Crippen molar-refractivity contribution in [3.05, 3.63) is 82.7 Å². The highest BCUT2D eigenvalue weighted by Gasteiger charge is 2.13. The van der Waals surface area contributed by atoms with E-state index in [2.05, 4.69) is 25.2 Å². The molecular weight excluding hydrogens is 391 g/mol. The van der Waals surface area contributed by atoms with E-state index in [1.165, 1.54) is 18.3 Å². The van der Waals surface area contributed by atoms with Crippen molar-refractivity contribution in [1.82, 2.24) is 24.8 Å². The molecule has 9 heteroatoms. The van der Waals surface area contributed by atoms with Gasteiger partial charge in [0.2, 0.25) is 0 Å². The van der Waals surface area contributed by atoms with Gasteiger partial charge in [0.1, 0.15) is 16.4 Å². The lowest BCUT2D eigenvalue weighted by Crippen LogP contribution is -2.17. The first kappa shape index (κ1) is 18.6. The standard InChI is InChI=1S/C20H15FN6OS/c1-13-19(29-26-23-13)20(28)24-22-11-15-12-27(17-5-3-2-4-6-17)25-18(15)14-7-9-16(21)10-8-14/h2-12H,1H3,(H,24,28)/b22-11+. The Labute approximate surface area is 169 Å². The second kappa shape index (κ2) is 8.11. The lowest BCUT2D eigenvalue weighted by atomic mass is 10.1. The number of carbonyl (C=O) groups is 1. The van der Waals surface area contributed by atoms with Gasteiger partial charge in [0, 0.05) is 17.3 Å². The van der Waals surface area contributed by atoms with Gasteiger partial charge in [0.15, 0.2) is 0 Å². The maximum absolute atomic E-state index is 13.3. The molecule has 0 atom stereocenters. The van der Waals surface area contributed by atoms with Crippen LogP contribution in [0.25, 0.3) is 16.9 Å². The van der Waals surface area contributed by atoms with E-state index in [1.807, 2.05) is 30.3 Å². The summed E-state index contributed by atoms with van der Waals surface area (Å²) in [5, 5.41) is 12.5. The summed E-state index contributed by atoms with van der Waals surface area (Å²) < 4.78 is 18.8. The Balaban J connectivity index is 1.65. The number of carbonyl (C=O) groups excluding carboxylic acids is 1. The van der Waals surface area contributed by atoms with Gasteiger partial charge in [0.05, 0.1) is 17.6 Å². The van der Waals surface area contributed by atoms with Crippen molar-refractivity contribution < 1.29 is 9.18 Å². The van der Waals surface area contributed by atoms with E-state index in [-0.39, 0.29) is 11.7 Å². The maximum Gasteiger partial charge on any atom is 0.285 e. The van der Waals surface area contributed by atoms with Crippen molar-refractivity contribution in [2.24, 2.45) is 5.10 Å². The molecule has 0 fully saturated rings. The summed E-state index contributed by atoms with van der Waals surface area (Å²) in [7, 11) is 0. The molecule has 2 aromatic carbocycles. The van der Waals surface area contributed by atoms with Gasteiger partial charge >= 0.3 is 0 Å². The predicted molar refractivity (Wildman–Crippen MR) is 109 cm³/mol. The van der Waals surface area contributed by atoms with Crippen molar-refractivity contribution in [3.8, 4) is 16.9 Å². The first-order valence-corrected chi connectivity index (χ1v) is 9.42. The molecule has 4 aromatic rings. The van der Waals surface area contributed by atoms with Crippen LogP contribution in [0, 0.1) is 12.7 Å². The molecule has 0 unspecified atom stereocenters. The van der Waals surface area contributed by atoms with Crippen LogP contribution in [-0.4, -0.2) is 31.5 Å². The summed E-state index contributed by atoms with van der Waals surface area (Å²) in [6.07, 6.45) is 3.30. The SMILES string of the molecule is Cc1nnsc1C(=O)N/N=C/c1cn(-c2ccccc2)nc1-c1ccc(F)cc1. The fourth-order valence-electron chi connectivity index (χ4n) is 2.68. The summed E-state index contributed by atoms with van der Waals surface area (Å²) >= 11 is 1.01. The molecule has 0 spiro atoms. The van der Waals surface area contributed by atoms with Crippen LogP contribution < -0.4 is 5.43 Å². The fourth-order valence-corrected chi connectivity index (χ4v) is 3.22. The molecule has 0 aliphatic rings. The van der Waals surface area contributed by atoms with E-state index < -0.39 is 0 Å². The number of benzene rings is 2. The van der Waals surface area contributed by atoms with E-state index in [1.54, 1.807) is 29.9 Å².